The Labute approximate surface area is 134 Å². The maximum absolute atomic E-state index is 10.1. The Bertz CT molecular complexity index is 452. The van der Waals surface area contributed by atoms with Crippen molar-refractivity contribution >= 4 is 0 Å². The summed E-state index contributed by atoms with van der Waals surface area (Å²) >= 11 is 0. The molecule has 122 valence electrons. The predicted octanol–water partition coefficient (Wildman–Crippen LogP) is 2.31. The minimum Gasteiger partial charge on any atom is -0.497 e. The van der Waals surface area contributed by atoms with E-state index in [1.807, 2.05) is 12.1 Å². The second-order valence-electron chi connectivity index (χ2n) is 5.41. The van der Waals surface area contributed by atoms with E-state index in [4.69, 9.17) is 15.9 Å². The Kier molecular flexibility index (Phi) is 8.61. The third kappa shape index (κ3) is 6.48. The number of nitrogens with zero attached hydrogens (tertiary/aromatic N) is 1. The zero-order chi connectivity index (χ0) is 16.4. The van der Waals surface area contributed by atoms with Crippen LogP contribution in [-0.2, 0) is 11.3 Å². The first-order valence-corrected chi connectivity index (χ1v) is 7.66. The largest absolute Gasteiger partial charge is 0.497 e. The van der Waals surface area contributed by atoms with E-state index < -0.39 is 6.10 Å². The standard InChI is InChI=1S/C18H27NO3/c1-5-11-22-14-17(20)13-19(15(3)6-2)12-16-7-9-18(21-4)10-8-16/h1,7-10,15,17,20H,6,11-14H2,2-4H3/t15-,17+/m1/s1. The van der Waals surface area contributed by atoms with E-state index in [9.17, 15) is 5.11 Å². The summed E-state index contributed by atoms with van der Waals surface area (Å²) in [5, 5.41) is 10.1. The fraction of sp³-hybridized carbons (Fsp3) is 0.556. The molecule has 4 heteroatoms. The normalized spacial score (nSPS) is 13.6. The highest BCUT2D eigenvalue weighted by Crippen LogP contribution is 2.15. The Morgan fingerprint density at radius 1 is 1.32 bits per heavy atom. The van der Waals surface area contributed by atoms with Gasteiger partial charge < -0.3 is 14.6 Å². The number of aliphatic hydroxyl groups is 1. The van der Waals surface area contributed by atoms with Crippen LogP contribution in [-0.4, -0.2) is 49.0 Å². The second-order valence-corrected chi connectivity index (χ2v) is 5.41. The van der Waals surface area contributed by atoms with Crippen LogP contribution in [0.15, 0.2) is 24.3 Å². The van der Waals surface area contributed by atoms with Crippen LogP contribution in [0.1, 0.15) is 25.8 Å². The number of hydrogen-bond donors (Lipinski definition) is 1. The van der Waals surface area contributed by atoms with Gasteiger partial charge in [-0.1, -0.05) is 25.0 Å². The Balaban J connectivity index is 2.61. The molecule has 0 fully saturated rings. The maximum Gasteiger partial charge on any atom is 0.118 e. The van der Waals surface area contributed by atoms with Crippen molar-refractivity contribution in [2.24, 2.45) is 0 Å². The van der Waals surface area contributed by atoms with Gasteiger partial charge in [0.15, 0.2) is 0 Å². The van der Waals surface area contributed by atoms with Gasteiger partial charge in [0.05, 0.1) is 19.8 Å². The second kappa shape index (κ2) is 10.2. The van der Waals surface area contributed by atoms with E-state index in [1.165, 1.54) is 5.56 Å². The van der Waals surface area contributed by atoms with Crippen molar-refractivity contribution in [3.8, 4) is 18.1 Å². The molecule has 1 N–H and O–H groups in total. The Morgan fingerprint density at radius 2 is 2.00 bits per heavy atom. The molecule has 0 aliphatic rings. The fourth-order valence-electron chi connectivity index (χ4n) is 2.20. The molecule has 0 aliphatic heterocycles. The number of hydrogen-bond acceptors (Lipinski definition) is 4. The van der Waals surface area contributed by atoms with Crippen LogP contribution in [0.5, 0.6) is 5.75 Å². The van der Waals surface area contributed by atoms with Crippen LogP contribution in [0, 0.1) is 12.3 Å². The number of terminal acetylenes is 1. The molecule has 0 saturated carbocycles. The highest BCUT2D eigenvalue weighted by atomic mass is 16.5. The SMILES string of the molecule is C#CCOC[C@@H](O)CN(Cc1ccc(OC)cc1)[C@H](C)CC. The highest BCUT2D eigenvalue weighted by Gasteiger charge is 2.17. The van der Waals surface area contributed by atoms with Crippen LogP contribution in [0.4, 0.5) is 0 Å². The van der Waals surface area contributed by atoms with Gasteiger partial charge in [-0.2, -0.15) is 0 Å². The summed E-state index contributed by atoms with van der Waals surface area (Å²) in [5.41, 5.74) is 1.19. The summed E-state index contributed by atoms with van der Waals surface area (Å²) < 4.78 is 10.4. The molecule has 0 bridgehead atoms. The number of benzene rings is 1. The molecule has 0 heterocycles. The molecule has 1 aromatic carbocycles. The molecule has 4 nitrogen and oxygen atoms in total. The van der Waals surface area contributed by atoms with Crippen LogP contribution in [0.3, 0.4) is 0 Å². The van der Waals surface area contributed by atoms with Gasteiger partial charge in [-0.3, -0.25) is 4.90 Å². The van der Waals surface area contributed by atoms with E-state index in [1.54, 1.807) is 7.11 Å². The van der Waals surface area contributed by atoms with Crippen molar-refractivity contribution in [3.63, 3.8) is 0 Å². The lowest BCUT2D eigenvalue weighted by Crippen LogP contribution is -2.39. The van der Waals surface area contributed by atoms with E-state index in [0.29, 0.717) is 12.6 Å². The molecule has 22 heavy (non-hydrogen) atoms. The number of ether oxygens (including phenoxy) is 2. The summed E-state index contributed by atoms with van der Waals surface area (Å²) in [6.45, 7) is 6.15. The molecular formula is C18H27NO3. The van der Waals surface area contributed by atoms with Crippen LogP contribution in [0.25, 0.3) is 0 Å². The van der Waals surface area contributed by atoms with Gasteiger partial charge >= 0.3 is 0 Å². The molecular weight excluding hydrogens is 278 g/mol. The average molecular weight is 305 g/mol. The lowest BCUT2D eigenvalue weighted by atomic mass is 10.1. The van der Waals surface area contributed by atoms with Crippen molar-refractivity contribution in [3.05, 3.63) is 29.8 Å². The zero-order valence-electron chi connectivity index (χ0n) is 13.8. The molecule has 1 aromatic rings. The van der Waals surface area contributed by atoms with Gasteiger partial charge in [0.1, 0.15) is 12.4 Å². The molecule has 2 atom stereocenters. The topological polar surface area (TPSA) is 41.9 Å². The molecule has 0 aliphatic carbocycles. The molecule has 0 unspecified atom stereocenters. The maximum atomic E-state index is 10.1. The third-order valence-corrected chi connectivity index (χ3v) is 3.70. The summed E-state index contributed by atoms with van der Waals surface area (Å²) in [4.78, 5) is 2.26. The van der Waals surface area contributed by atoms with Crippen molar-refractivity contribution in [1.82, 2.24) is 4.90 Å². The van der Waals surface area contributed by atoms with Crippen molar-refractivity contribution in [2.75, 3.05) is 26.9 Å². The smallest absolute Gasteiger partial charge is 0.118 e. The molecule has 1 rings (SSSR count). The summed E-state index contributed by atoms with van der Waals surface area (Å²) in [6, 6.07) is 8.39. The van der Waals surface area contributed by atoms with Crippen molar-refractivity contribution in [2.45, 2.75) is 39.0 Å². The van der Waals surface area contributed by atoms with E-state index in [2.05, 4.69) is 36.8 Å². The predicted molar refractivity (Wildman–Crippen MR) is 88.8 cm³/mol. The average Bonchev–Trinajstić information content (AvgIpc) is 2.54. The monoisotopic (exact) mass is 305 g/mol. The molecule has 0 radical (unpaired) electrons. The van der Waals surface area contributed by atoms with Gasteiger partial charge in [0.25, 0.3) is 0 Å². The first kappa shape index (κ1) is 18.5. The zero-order valence-corrected chi connectivity index (χ0v) is 13.8. The van der Waals surface area contributed by atoms with Crippen LogP contribution < -0.4 is 4.74 Å². The third-order valence-electron chi connectivity index (χ3n) is 3.70. The molecule has 0 aromatic heterocycles. The Hall–Kier alpha value is -1.54. The Morgan fingerprint density at radius 3 is 2.55 bits per heavy atom. The fourth-order valence-corrected chi connectivity index (χ4v) is 2.20. The van der Waals surface area contributed by atoms with Crippen molar-refractivity contribution in [1.29, 1.82) is 0 Å². The van der Waals surface area contributed by atoms with E-state index in [0.717, 1.165) is 18.7 Å². The lowest BCUT2D eigenvalue weighted by Gasteiger charge is -2.30. The first-order valence-electron chi connectivity index (χ1n) is 7.66. The molecule has 0 amide bonds. The summed E-state index contributed by atoms with van der Waals surface area (Å²) in [7, 11) is 1.66. The van der Waals surface area contributed by atoms with Gasteiger partial charge in [-0.05, 0) is 31.0 Å². The minimum absolute atomic E-state index is 0.235. The van der Waals surface area contributed by atoms with Crippen molar-refractivity contribution < 1.29 is 14.6 Å². The summed E-state index contributed by atoms with van der Waals surface area (Å²) in [6.07, 6.45) is 5.62. The van der Waals surface area contributed by atoms with Gasteiger partial charge in [-0.15, -0.1) is 6.42 Å². The quantitative estimate of drug-likeness (QED) is 0.532. The highest BCUT2D eigenvalue weighted by molar-refractivity contribution is 5.27. The number of rotatable bonds is 10. The number of aliphatic hydroxyl groups excluding tert-OH is 1. The molecule has 0 spiro atoms. The molecule has 0 saturated heterocycles. The summed E-state index contributed by atoms with van der Waals surface area (Å²) in [5.74, 6) is 3.25. The van der Waals surface area contributed by atoms with E-state index in [-0.39, 0.29) is 13.2 Å². The van der Waals surface area contributed by atoms with Gasteiger partial charge in [0.2, 0.25) is 0 Å². The van der Waals surface area contributed by atoms with Gasteiger partial charge in [-0.25, -0.2) is 0 Å². The van der Waals surface area contributed by atoms with Crippen LogP contribution in [0.2, 0.25) is 0 Å². The number of methoxy groups -OCH3 is 1. The van der Waals surface area contributed by atoms with E-state index >= 15 is 0 Å². The van der Waals surface area contributed by atoms with Crippen LogP contribution >= 0.6 is 0 Å². The van der Waals surface area contributed by atoms with Gasteiger partial charge in [0, 0.05) is 19.1 Å². The first-order chi connectivity index (χ1) is 10.6. The lowest BCUT2D eigenvalue weighted by molar-refractivity contribution is 0.0170. The minimum atomic E-state index is -0.541.